The third kappa shape index (κ3) is 4.36. The summed E-state index contributed by atoms with van der Waals surface area (Å²) in [5, 5.41) is 2.88. The third-order valence-corrected chi connectivity index (χ3v) is 4.37. The van der Waals surface area contributed by atoms with Crippen LogP contribution in [0.3, 0.4) is 0 Å². The molecule has 8 heteroatoms. The normalized spacial score (nSPS) is 16.0. The summed E-state index contributed by atoms with van der Waals surface area (Å²) in [7, 11) is 0. The van der Waals surface area contributed by atoms with Crippen LogP contribution < -0.4 is 10.1 Å². The molecule has 1 aromatic rings. The summed E-state index contributed by atoms with van der Waals surface area (Å²) in [4.78, 5) is 25.9. The minimum atomic E-state index is -0.561. The maximum Gasteiger partial charge on any atom is 0.265 e. The van der Waals surface area contributed by atoms with Crippen molar-refractivity contribution in [3.63, 3.8) is 0 Å². The Kier molecular flexibility index (Phi) is 6.52. The quantitative estimate of drug-likeness (QED) is 0.318. The van der Waals surface area contributed by atoms with Crippen LogP contribution in [0.4, 0.5) is 0 Å². The van der Waals surface area contributed by atoms with Gasteiger partial charge in [0.05, 0.1) is 9.50 Å². The van der Waals surface area contributed by atoms with Gasteiger partial charge in [0, 0.05) is 6.54 Å². The number of thiocarbonyl (C=S) groups is 1. The summed E-state index contributed by atoms with van der Waals surface area (Å²) >= 11 is 14.6. The van der Waals surface area contributed by atoms with Crippen LogP contribution in [-0.2, 0) is 9.59 Å². The molecule has 1 N–H and O–H groups in total. The number of hydrogen-bond donors (Lipinski definition) is 1. The minimum Gasteiger partial charge on any atom is -0.487 e. The zero-order chi connectivity index (χ0) is 18.6. The highest BCUT2D eigenvalue weighted by atomic mass is 79.9. The SMILES string of the molecule is C=CCOc1c(Cl)cc(/C=C2\C(=O)NC(=S)N(CC=C)C2=O)cc1Br. The summed E-state index contributed by atoms with van der Waals surface area (Å²) in [5.41, 5.74) is 0.519. The smallest absolute Gasteiger partial charge is 0.265 e. The molecule has 1 heterocycles. The van der Waals surface area contributed by atoms with Gasteiger partial charge in [-0.1, -0.05) is 30.3 Å². The van der Waals surface area contributed by atoms with Gasteiger partial charge in [0.25, 0.3) is 11.8 Å². The predicted octanol–water partition coefficient (Wildman–Crippen LogP) is 3.48. The van der Waals surface area contributed by atoms with E-state index in [1.807, 2.05) is 0 Å². The number of rotatable bonds is 6. The van der Waals surface area contributed by atoms with E-state index in [9.17, 15) is 9.59 Å². The van der Waals surface area contributed by atoms with E-state index in [0.717, 1.165) is 0 Å². The molecule has 0 spiro atoms. The van der Waals surface area contributed by atoms with E-state index in [1.165, 1.54) is 17.1 Å². The predicted molar refractivity (Wildman–Crippen MR) is 105 cm³/mol. The topological polar surface area (TPSA) is 58.6 Å². The van der Waals surface area contributed by atoms with Crippen molar-refractivity contribution in [3.05, 3.63) is 58.1 Å². The van der Waals surface area contributed by atoms with Crippen molar-refractivity contribution in [1.82, 2.24) is 10.2 Å². The zero-order valence-electron chi connectivity index (χ0n) is 13.1. The van der Waals surface area contributed by atoms with E-state index in [0.29, 0.717) is 27.4 Å². The van der Waals surface area contributed by atoms with Crippen molar-refractivity contribution in [2.45, 2.75) is 0 Å². The number of benzene rings is 1. The molecular weight excluding hydrogens is 428 g/mol. The highest BCUT2D eigenvalue weighted by Crippen LogP contribution is 2.35. The summed E-state index contributed by atoms with van der Waals surface area (Å²) in [5.74, 6) is -0.597. The second kappa shape index (κ2) is 8.42. The Morgan fingerprint density at radius 2 is 2.04 bits per heavy atom. The van der Waals surface area contributed by atoms with Gasteiger partial charge in [0.15, 0.2) is 10.9 Å². The van der Waals surface area contributed by atoms with Crippen molar-refractivity contribution in [2.24, 2.45) is 0 Å². The molecule has 1 saturated heterocycles. The van der Waals surface area contributed by atoms with Crippen LogP contribution in [-0.4, -0.2) is 35.0 Å². The van der Waals surface area contributed by atoms with Crippen LogP contribution in [0.5, 0.6) is 5.75 Å². The first-order chi connectivity index (χ1) is 11.9. The zero-order valence-corrected chi connectivity index (χ0v) is 16.2. The van der Waals surface area contributed by atoms with E-state index < -0.39 is 11.8 Å². The standard InChI is InChI=1S/C17H14BrClN2O3S/c1-3-5-21-16(23)11(15(22)20-17(21)25)7-10-8-12(18)14(13(19)9-10)24-6-4-2/h3-4,7-9H,1-2,5-6H2,(H,20,22,25)/b11-7+. The van der Waals surface area contributed by atoms with Gasteiger partial charge in [0.2, 0.25) is 0 Å². The monoisotopic (exact) mass is 440 g/mol. The lowest BCUT2D eigenvalue weighted by Crippen LogP contribution is -2.53. The minimum absolute atomic E-state index is 0.0434. The first-order valence-electron chi connectivity index (χ1n) is 7.11. The second-order valence-electron chi connectivity index (χ2n) is 4.94. The van der Waals surface area contributed by atoms with Crippen molar-refractivity contribution in [1.29, 1.82) is 0 Å². The number of amides is 2. The first-order valence-corrected chi connectivity index (χ1v) is 8.69. The molecule has 2 rings (SSSR count). The summed E-state index contributed by atoms with van der Waals surface area (Å²) < 4.78 is 6.06. The molecule has 25 heavy (non-hydrogen) atoms. The van der Waals surface area contributed by atoms with Gasteiger partial charge in [-0.3, -0.25) is 19.8 Å². The van der Waals surface area contributed by atoms with E-state index >= 15 is 0 Å². The van der Waals surface area contributed by atoms with Crippen LogP contribution in [0.25, 0.3) is 6.08 Å². The molecular formula is C17H14BrClN2O3S. The molecule has 0 aromatic heterocycles. The fourth-order valence-corrected chi connectivity index (χ4v) is 3.34. The highest BCUT2D eigenvalue weighted by Gasteiger charge is 2.32. The number of hydrogen-bond acceptors (Lipinski definition) is 4. The number of carbonyl (C=O) groups excluding carboxylic acids is 2. The molecule has 0 aliphatic carbocycles. The van der Waals surface area contributed by atoms with E-state index in [2.05, 4.69) is 34.4 Å². The fraction of sp³-hybridized carbons (Fsp3) is 0.118. The molecule has 5 nitrogen and oxygen atoms in total. The molecule has 1 aromatic carbocycles. The Labute approximate surface area is 164 Å². The summed E-state index contributed by atoms with van der Waals surface area (Å²) in [6.45, 7) is 7.66. The number of nitrogens with zero attached hydrogens (tertiary/aromatic N) is 1. The van der Waals surface area contributed by atoms with E-state index in [1.54, 1.807) is 18.2 Å². The molecule has 1 aliphatic heterocycles. The second-order valence-corrected chi connectivity index (χ2v) is 6.58. The Morgan fingerprint density at radius 3 is 2.64 bits per heavy atom. The van der Waals surface area contributed by atoms with Crippen LogP contribution in [0.2, 0.25) is 5.02 Å². The van der Waals surface area contributed by atoms with Gasteiger partial charge < -0.3 is 4.74 Å². The Morgan fingerprint density at radius 1 is 1.32 bits per heavy atom. The Hall–Kier alpha value is -1.96. The van der Waals surface area contributed by atoms with Crippen molar-refractivity contribution < 1.29 is 14.3 Å². The number of carbonyl (C=O) groups is 2. The van der Waals surface area contributed by atoms with Gasteiger partial charge in [-0.05, 0) is 51.9 Å². The first kappa shape index (κ1) is 19.4. The number of halogens is 2. The van der Waals surface area contributed by atoms with Crippen LogP contribution in [0.15, 0.2) is 47.5 Å². The molecule has 0 bridgehead atoms. The molecule has 2 amide bonds. The molecule has 1 aliphatic rings. The molecule has 1 fully saturated rings. The van der Waals surface area contributed by atoms with Gasteiger partial charge in [-0.15, -0.1) is 6.58 Å². The maximum absolute atomic E-state index is 12.5. The lowest BCUT2D eigenvalue weighted by Gasteiger charge is -2.27. The van der Waals surface area contributed by atoms with Crippen molar-refractivity contribution in [2.75, 3.05) is 13.2 Å². The van der Waals surface area contributed by atoms with Crippen LogP contribution in [0, 0.1) is 0 Å². The Bertz CT molecular complexity index is 784. The van der Waals surface area contributed by atoms with Crippen LogP contribution >= 0.6 is 39.7 Å². The van der Waals surface area contributed by atoms with Crippen molar-refractivity contribution in [3.8, 4) is 5.75 Å². The highest BCUT2D eigenvalue weighted by molar-refractivity contribution is 9.10. The fourth-order valence-electron chi connectivity index (χ4n) is 2.10. The van der Waals surface area contributed by atoms with Gasteiger partial charge in [-0.25, -0.2) is 0 Å². The Balaban J connectivity index is 2.39. The average molecular weight is 442 g/mol. The third-order valence-electron chi connectivity index (χ3n) is 3.17. The number of nitrogens with one attached hydrogen (secondary N) is 1. The van der Waals surface area contributed by atoms with Gasteiger partial charge >= 0.3 is 0 Å². The summed E-state index contributed by atoms with van der Waals surface area (Å²) in [6.07, 6.45) is 4.57. The molecule has 0 unspecified atom stereocenters. The molecule has 0 saturated carbocycles. The molecule has 0 atom stereocenters. The summed E-state index contributed by atoms with van der Waals surface area (Å²) in [6, 6.07) is 3.30. The molecule has 130 valence electrons. The van der Waals surface area contributed by atoms with Crippen LogP contribution in [0.1, 0.15) is 5.56 Å². The lowest BCUT2D eigenvalue weighted by molar-refractivity contribution is -0.128. The van der Waals surface area contributed by atoms with Gasteiger partial charge in [0.1, 0.15) is 12.2 Å². The maximum atomic E-state index is 12.5. The molecule has 0 radical (unpaired) electrons. The lowest BCUT2D eigenvalue weighted by atomic mass is 10.1. The van der Waals surface area contributed by atoms with Gasteiger partial charge in [-0.2, -0.15) is 0 Å². The largest absolute Gasteiger partial charge is 0.487 e. The number of ether oxygens (including phenoxy) is 1. The van der Waals surface area contributed by atoms with E-state index in [4.69, 9.17) is 28.6 Å². The van der Waals surface area contributed by atoms with Crippen molar-refractivity contribution >= 4 is 62.8 Å². The average Bonchev–Trinajstić information content (AvgIpc) is 2.55. The van der Waals surface area contributed by atoms with E-state index in [-0.39, 0.29) is 17.2 Å².